The van der Waals surface area contributed by atoms with E-state index >= 15 is 0 Å². The predicted octanol–water partition coefficient (Wildman–Crippen LogP) is 4.03. The second-order valence-corrected chi connectivity index (χ2v) is 7.06. The van der Waals surface area contributed by atoms with Crippen molar-refractivity contribution in [1.29, 1.82) is 0 Å². The van der Waals surface area contributed by atoms with Gasteiger partial charge in [0.25, 0.3) is 0 Å². The molecule has 0 atom stereocenters. The first-order chi connectivity index (χ1) is 10.8. The second kappa shape index (κ2) is 7.91. The number of rotatable bonds is 4. The first-order valence-corrected chi connectivity index (χ1v) is 9.21. The number of hydrogen-bond donors (Lipinski definition) is 1. The highest BCUT2D eigenvalue weighted by molar-refractivity contribution is 7.80. The molecule has 0 aliphatic heterocycles. The zero-order valence-corrected chi connectivity index (χ0v) is 14.2. The molecule has 0 aromatic carbocycles. The maximum Gasteiger partial charge on any atom is 0.169 e. The summed E-state index contributed by atoms with van der Waals surface area (Å²) in [6.07, 6.45) is 13.6. The van der Waals surface area contributed by atoms with Gasteiger partial charge in [-0.25, -0.2) is 0 Å². The summed E-state index contributed by atoms with van der Waals surface area (Å²) in [5.74, 6) is 0. The van der Waals surface area contributed by atoms with Crippen molar-refractivity contribution in [1.82, 2.24) is 15.2 Å². The summed E-state index contributed by atoms with van der Waals surface area (Å²) in [4.78, 5) is 6.89. The summed E-state index contributed by atoms with van der Waals surface area (Å²) in [7, 11) is 0. The number of pyridine rings is 1. The van der Waals surface area contributed by atoms with Gasteiger partial charge in [0.05, 0.1) is 12.2 Å². The van der Waals surface area contributed by atoms with Crippen LogP contribution in [0.15, 0.2) is 24.4 Å². The molecule has 4 heteroatoms. The van der Waals surface area contributed by atoms with E-state index in [4.69, 9.17) is 12.2 Å². The molecule has 2 fully saturated rings. The van der Waals surface area contributed by atoms with Gasteiger partial charge in [0.1, 0.15) is 0 Å². The van der Waals surface area contributed by atoms with Crippen molar-refractivity contribution in [2.75, 3.05) is 0 Å². The molecule has 3 rings (SSSR count). The summed E-state index contributed by atoms with van der Waals surface area (Å²) in [5, 5.41) is 4.59. The number of thiocarbonyl (C=S) groups is 1. The van der Waals surface area contributed by atoms with E-state index in [2.05, 4.69) is 27.3 Å². The molecule has 0 radical (unpaired) electrons. The molecule has 120 valence electrons. The van der Waals surface area contributed by atoms with Gasteiger partial charge in [-0.05, 0) is 50.0 Å². The van der Waals surface area contributed by atoms with Crippen molar-refractivity contribution in [3.05, 3.63) is 30.1 Å². The van der Waals surface area contributed by atoms with Crippen LogP contribution in [-0.4, -0.2) is 27.1 Å². The molecule has 2 aliphatic carbocycles. The molecule has 22 heavy (non-hydrogen) atoms. The Labute approximate surface area is 139 Å². The van der Waals surface area contributed by atoms with Gasteiger partial charge in [-0.2, -0.15) is 0 Å². The molecular formula is C18H27N3S. The fraction of sp³-hybridized carbons (Fsp3) is 0.667. The van der Waals surface area contributed by atoms with Gasteiger partial charge >= 0.3 is 0 Å². The van der Waals surface area contributed by atoms with Crippen LogP contribution in [0.4, 0.5) is 0 Å². The van der Waals surface area contributed by atoms with Crippen molar-refractivity contribution >= 4 is 17.3 Å². The summed E-state index contributed by atoms with van der Waals surface area (Å²) in [5.41, 5.74) is 1.11. The third-order valence-corrected chi connectivity index (χ3v) is 5.37. The van der Waals surface area contributed by atoms with Crippen LogP contribution >= 0.6 is 12.2 Å². The SMILES string of the molecule is S=C(NC1CCCCC1)N(Cc1ccccn1)C1CCCC1. The number of nitrogens with zero attached hydrogens (tertiary/aromatic N) is 2. The lowest BCUT2D eigenvalue weighted by Gasteiger charge is -2.34. The number of nitrogens with one attached hydrogen (secondary N) is 1. The summed E-state index contributed by atoms with van der Waals surface area (Å²) in [6, 6.07) is 7.31. The lowest BCUT2D eigenvalue weighted by molar-refractivity contribution is 0.290. The summed E-state index contributed by atoms with van der Waals surface area (Å²) in [6.45, 7) is 0.837. The highest BCUT2D eigenvalue weighted by atomic mass is 32.1. The van der Waals surface area contributed by atoms with Gasteiger partial charge in [0, 0.05) is 18.3 Å². The van der Waals surface area contributed by atoms with Gasteiger partial charge < -0.3 is 10.2 Å². The molecule has 2 saturated carbocycles. The van der Waals surface area contributed by atoms with Crippen LogP contribution in [0.3, 0.4) is 0 Å². The second-order valence-electron chi connectivity index (χ2n) is 6.67. The Balaban J connectivity index is 1.65. The van der Waals surface area contributed by atoms with Crippen molar-refractivity contribution in [2.24, 2.45) is 0 Å². The van der Waals surface area contributed by atoms with E-state index in [1.807, 2.05) is 12.3 Å². The molecule has 0 bridgehead atoms. The lowest BCUT2D eigenvalue weighted by Crippen LogP contribution is -2.48. The third-order valence-electron chi connectivity index (χ3n) is 5.02. The average Bonchev–Trinajstić information content (AvgIpc) is 3.08. The Morgan fingerprint density at radius 1 is 1.09 bits per heavy atom. The summed E-state index contributed by atoms with van der Waals surface area (Å²) >= 11 is 5.78. The fourth-order valence-corrected chi connectivity index (χ4v) is 4.13. The molecule has 1 N–H and O–H groups in total. The zero-order valence-electron chi connectivity index (χ0n) is 13.3. The Kier molecular flexibility index (Phi) is 5.65. The van der Waals surface area contributed by atoms with Crippen LogP contribution in [0.25, 0.3) is 0 Å². The first kappa shape index (κ1) is 15.7. The van der Waals surface area contributed by atoms with E-state index in [0.717, 1.165) is 17.4 Å². The van der Waals surface area contributed by atoms with Gasteiger partial charge in [0.15, 0.2) is 5.11 Å². The standard InChI is InChI=1S/C18H27N3S/c22-18(20-15-8-2-1-3-9-15)21(17-11-4-5-12-17)14-16-10-6-7-13-19-16/h6-7,10,13,15,17H,1-5,8-9,11-12,14H2,(H,20,22). The van der Waals surface area contributed by atoms with E-state index in [1.54, 1.807) is 0 Å². The highest BCUT2D eigenvalue weighted by Gasteiger charge is 2.26. The van der Waals surface area contributed by atoms with Gasteiger partial charge in [0.2, 0.25) is 0 Å². The minimum atomic E-state index is 0.578. The van der Waals surface area contributed by atoms with Crippen molar-refractivity contribution < 1.29 is 0 Å². The molecule has 0 unspecified atom stereocenters. The quantitative estimate of drug-likeness (QED) is 0.849. The van der Waals surface area contributed by atoms with E-state index in [9.17, 15) is 0 Å². The molecule has 1 heterocycles. The third kappa shape index (κ3) is 4.19. The van der Waals surface area contributed by atoms with Crippen molar-refractivity contribution in [2.45, 2.75) is 76.4 Å². The maximum absolute atomic E-state index is 5.78. The van der Waals surface area contributed by atoms with Crippen molar-refractivity contribution in [3.63, 3.8) is 0 Å². The number of hydrogen-bond acceptors (Lipinski definition) is 2. The Bertz CT molecular complexity index is 464. The van der Waals surface area contributed by atoms with Crippen LogP contribution in [0.2, 0.25) is 0 Å². The molecule has 1 aromatic heterocycles. The van der Waals surface area contributed by atoms with Crippen LogP contribution in [0, 0.1) is 0 Å². The molecule has 1 aromatic rings. The lowest BCUT2D eigenvalue weighted by atomic mass is 9.96. The molecule has 0 saturated heterocycles. The molecule has 2 aliphatic rings. The van der Waals surface area contributed by atoms with Crippen LogP contribution < -0.4 is 5.32 Å². The van der Waals surface area contributed by atoms with Crippen LogP contribution in [-0.2, 0) is 6.54 Å². The van der Waals surface area contributed by atoms with Crippen LogP contribution in [0.1, 0.15) is 63.5 Å². The molecular weight excluding hydrogens is 290 g/mol. The smallest absolute Gasteiger partial charge is 0.169 e. The predicted molar refractivity (Wildman–Crippen MR) is 94.6 cm³/mol. The largest absolute Gasteiger partial charge is 0.360 e. The van der Waals surface area contributed by atoms with Crippen molar-refractivity contribution in [3.8, 4) is 0 Å². The Hall–Kier alpha value is -1.16. The van der Waals surface area contributed by atoms with E-state index < -0.39 is 0 Å². The fourth-order valence-electron chi connectivity index (χ4n) is 3.75. The molecule has 0 amide bonds. The first-order valence-electron chi connectivity index (χ1n) is 8.80. The molecule has 3 nitrogen and oxygen atoms in total. The monoisotopic (exact) mass is 317 g/mol. The zero-order chi connectivity index (χ0) is 15.2. The highest BCUT2D eigenvalue weighted by Crippen LogP contribution is 2.25. The van der Waals surface area contributed by atoms with E-state index in [1.165, 1.54) is 57.8 Å². The minimum absolute atomic E-state index is 0.578. The van der Waals surface area contributed by atoms with Crippen LogP contribution in [0.5, 0.6) is 0 Å². The van der Waals surface area contributed by atoms with E-state index in [-0.39, 0.29) is 0 Å². The molecule has 0 spiro atoms. The number of aromatic nitrogens is 1. The maximum atomic E-state index is 5.78. The Morgan fingerprint density at radius 2 is 1.82 bits per heavy atom. The average molecular weight is 318 g/mol. The van der Waals surface area contributed by atoms with E-state index in [0.29, 0.717) is 12.1 Å². The van der Waals surface area contributed by atoms with Gasteiger partial charge in [-0.3, -0.25) is 4.98 Å². The minimum Gasteiger partial charge on any atom is -0.360 e. The topological polar surface area (TPSA) is 28.2 Å². The summed E-state index contributed by atoms with van der Waals surface area (Å²) < 4.78 is 0. The van der Waals surface area contributed by atoms with Gasteiger partial charge in [-0.15, -0.1) is 0 Å². The van der Waals surface area contributed by atoms with Gasteiger partial charge in [-0.1, -0.05) is 38.2 Å². The Morgan fingerprint density at radius 3 is 2.50 bits per heavy atom. The normalized spacial score (nSPS) is 20.0.